The number of carboxylic acid groups (broad SMARTS) is 1. The lowest BCUT2D eigenvalue weighted by Crippen LogP contribution is -2.64. The monoisotopic (exact) mass is 342 g/mol. The molecule has 9 heteroatoms. The molecule has 1 aromatic rings. The van der Waals surface area contributed by atoms with Crippen molar-refractivity contribution in [1.82, 2.24) is 19.8 Å². The van der Waals surface area contributed by atoms with E-state index in [0.717, 1.165) is 0 Å². The molecule has 0 aliphatic carbocycles. The summed E-state index contributed by atoms with van der Waals surface area (Å²) in [4.78, 5) is 25.8. The summed E-state index contributed by atoms with van der Waals surface area (Å²) in [6.45, 7) is 0.590. The molecule has 0 spiro atoms. The Labute approximate surface area is 142 Å². The normalized spacial score (nSPS) is 17.9. The maximum Gasteiger partial charge on any atom is 0.407 e. The van der Waals surface area contributed by atoms with Gasteiger partial charge in [-0.15, -0.1) is 0 Å². The van der Waals surface area contributed by atoms with Gasteiger partial charge in [-0.25, -0.2) is 19.8 Å². The first-order valence-corrected chi connectivity index (χ1v) is 7.32. The summed E-state index contributed by atoms with van der Waals surface area (Å²) in [6.07, 6.45) is 3.83. The van der Waals surface area contributed by atoms with Crippen molar-refractivity contribution in [2.45, 2.75) is 0 Å². The van der Waals surface area contributed by atoms with Crippen molar-refractivity contribution < 1.29 is 9.90 Å². The maximum atomic E-state index is 11.0. The Kier molecular flexibility index (Phi) is 4.07. The molecule has 8 nitrogen and oxygen atoms in total. The van der Waals surface area contributed by atoms with Crippen molar-refractivity contribution in [2.24, 2.45) is 10.4 Å². The predicted octanol–water partition coefficient (Wildman–Crippen LogP) is 1.17. The number of carbonyl (C=O) groups is 1. The van der Waals surface area contributed by atoms with Crippen LogP contribution >= 0.6 is 11.6 Å². The van der Waals surface area contributed by atoms with E-state index in [1.807, 2.05) is 0 Å². The second kappa shape index (κ2) is 6.19. The molecule has 1 amide bonds. The third kappa shape index (κ3) is 2.87. The second-order valence-corrected chi connectivity index (χ2v) is 5.57. The van der Waals surface area contributed by atoms with Crippen LogP contribution in [0.2, 0.25) is 5.28 Å². The zero-order valence-electron chi connectivity index (χ0n) is 12.3. The summed E-state index contributed by atoms with van der Waals surface area (Å²) in [6, 6.07) is 6.70. The van der Waals surface area contributed by atoms with Gasteiger partial charge in [0, 0.05) is 18.4 Å². The molecule has 1 aromatic heterocycles. The van der Waals surface area contributed by atoms with Crippen molar-refractivity contribution in [1.29, 1.82) is 5.26 Å². The summed E-state index contributed by atoms with van der Waals surface area (Å²) >= 11 is 5.72. The van der Waals surface area contributed by atoms with Crippen LogP contribution in [-0.4, -0.2) is 56.4 Å². The van der Waals surface area contributed by atoms with Gasteiger partial charge in [0.1, 0.15) is 11.5 Å². The van der Waals surface area contributed by atoms with E-state index in [-0.39, 0.29) is 18.4 Å². The van der Waals surface area contributed by atoms with Crippen LogP contribution in [0.1, 0.15) is 5.69 Å². The molecule has 24 heavy (non-hydrogen) atoms. The summed E-state index contributed by atoms with van der Waals surface area (Å²) in [5, 5.41) is 18.6. The van der Waals surface area contributed by atoms with E-state index in [0.29, 0.717) is 18.1 Å². The molecule has 3 rings (SSSR count). The van der Waals surface area contributed by atoms with Gasteiger partial charge in [0.05, 0.1) is 25.7 Å². The lowest BCUT2D eigenvalue weighted by atomic mass is 9.79. The number of aliphatic imine (C=N–C) groups is 1. The van der Waals surface area contributed by atoms with Gasteiger partial charge in [-0.3, -0.25) is 4.90 Å². The van der Waals surface area contributed by atoms with Crippen molar-refractivity contribution in [3.63, 3.8) is 0 Å². The van der Waals surface area contributed by atoms with Gasteiger partial charge in [-0.1, -0.05) is 0 Å². The van der Waals surface area contributed by atoms with Crippen LogP contribution in [0.15, 0.2) is 29.5 Å². The molecule has 3 heterocycles. The Morgan fingerprint density at radius 2 is 2.25 bits per heavy atom. The average molecular weight is 343 g/mol. The Morgan fingerprint density at radius 3 is 2.92 bits per heavy atom. The Morgan fingerprint density at radius 1 is 1.46 bits per heavy atom. The van der Waals surface area contributed by atoms with Crippen LogP contribution in [-0.2, 0) is 0 Å². The standard InChI is InChI=1S/C15H11ClN6O2/c16-13-19-5-2-11(20-13)3-7-21-6-1-4-18-12(21)15(8-17)9-22(10-15)14(23)24/h1-2,4-5H,6,9-10H2,(H,23,24). The second-order valence-electron chi connectivity index (χ2n) is 5.23. The molecule has 1 N–H and O–H groups in total. The Bertz CT molecular complexity index is 842. The summed E-state index contributed by atoms with van der Waals surface area (Å²) in [5.41, 5.74) is -0.545. The first kappa shape index (κ1) is 15.8. The number of amides is 1. The number of likely N-dealkylation sites (tertiary alicyclic amines) is 1. The SMILES string of the molecule is N#CC1(C2=NC=CCN2C#Cc2ccnc(Cl)n2)CN(C(=O)O)C1. The number of amidine groups is 1. The Balaban J connectivity index is 1.85. The van der Waals surface area contributed by atoms with Gasteiger partial charge in [0.15, 0.2) is 5.41 Å². The summed E-state index contributed by atoms with van der Waals surface area (Å²) in [5.74, 6) is 3.29. The van der Waals surface area contributed by atoms with Gasteiger partial charge < -0.3 is 10.0 Å². The fraction of sp³-hybridized carbons (Fsp3) is 0.267. The van der Waals surface area contributed by atoms with Gasteiger partial charge in [0.2, 0.25) is 5.28 Å². The van der Waals surface area contributed by atoms with Gasteiger partial charge >= 0.3 is 6.09 Å². The van der Waals surface area contributed by atoms with Crippen LogP contribution in [0.5, 0.6) is 0 Å². The van der Waals surface area contributed by atoms with E-state index in [4.69, 9.17) is 16.7 Å². The number of rotatable bonds is 1. The topological polar surface area (TPSA) is 106 Å². The molecule has 2 aliphatic heterocycles. The minimum absolute atomic E-state index is 0.0724. The van der Waals surface area contributed by atoms with E-state index in [2.05, 4.69) is 33.0 Å². The molecule has 0 unspecified atom stereocenters. The lowest BCUT2D eigenvalue weighted by molar-refractivity contribution is 0.0753. The predicted molar refractivity (Wildman–Crippen MR) is 84.8 cm³/mol. The van der Waals surface area contributed by atoms with Crippen molar-refractivity contribution in [3.8, 4) is 18.0 Å². The summed E-state index contributed by atoms with van der Waals surface area (Å²) in [7, 11) is 0. The molecule has 120 valence electrons. The van der Waals surface area contributed by atoms with Crippen LogP contribution in [0.3, 0.4) is 0 Å². The number of nitrogens with zero attached hydrogens (tertiary/aromatic N) is 6. The fourth-order valence-electron chi connectivity index (χ4n) is 2.44. The van der Waals surface area contributed by atoms with Crippen molar-refractivity contribution in [2.75, 3.05) is 19.6 Å². The van der Waals surface area contributed by atoms with E-state index in [1.54, 1.807) is 23.2 Å². The largest absolute Gasteiger partial charge is 0.465 e. The highest BCUT2D eigenvalue weighted by molar-refractivity contribution is 6.28. The van der Waals surface area contributed by atoms with E-state index >= 15 is 0 Å². The molecule has 1 fully saturated rings. The smallest absolute Gasteiger partial charge is 0.407 e. The third-order valence-corrected chi connectivity index (χ3v) is 3.81. The first-order valence-electron chi connectivity index (χ1n) is 6.94. The highest BCUT2D eigenvalue weighted by atomic mass is 35.5. The molecule has 0 atom stereocenters. The molecule has 0 saturated carbocycles. The van der Waals surface area contributed by atoms with Gasteiger partial charge in [0.25, 0.3) is 0 Å². The highest BCUT2D eigenvalue weighted by Crippen LogP contribution is 2.33. The first-order chi connectivity index (χ1) is 11.5. The van der Waals surface area contributed by atoms with Gasteiger partial charge in [-0.2, -0.15) is 5.26 Å². The average Bonchev–Trinajstić information content (AvgIpc) is 2.53. The quantitative estimate of drug-likeness (QED) is 0.606. The number of hydrogen-bond donors (Lipinski definition) is 1. The molecule has 0 radical (unpaired) electrons. The summed E-state index contributed by atoms with van der Waals surface area (Å²) < 4.78 is 0. The zero-order chi connectivity index (χ0) is 17.2. The maximum absolute atomic E-state index is 11.0. The van der Waals surface area contributed by atoms with Crippen LogP contribution in [0.25, 0.3) is 0 Å². The molecular formula is C15H11ClN6O2. The van der Waals surface area contributed by atoms with Crippen LogP contribution in [0.4, 0.5) is 4.79 Å². The molecule has 2 aliphatic rings. The lowest BCUT2D eigenvalue weighted by Gasteiger charge is -2.46. The molecule has 0 bridgehead atoms. The van der Waals surface area contributed by atoms with E-state index in [9.17, 15) is 10.1 Å². The molecule has 0 aromatic carbocycles. The number of nitriles is 1. The van der Waals surface area contributed by atoms with E-state index < -0.39 is 11.5 Å². The van der Waals surface area contributed by atoms with E-state index in [1.165, 1.54) is 11.1 Å². The number of aromatic nitrogens is 2. The minimum atomic E-state index is -1.05. The van der Waals surface area contributed by atoms with Crippen molar-refractivity contribution in [3.05, 3.63) is 35.5 Å². The Hall–Kier alpha value is -3.10. The third-order valence-electron chi connectivity index (χ3n) is 3.63. The molecular weight excluding hydrogens is 332 g/mol. The fourth-order valence-corrected chi connectivity index (χ4v) is 2.59. The highest BCUT2D eigenvalue weighted by Gasteiger charge is 2.52. The van der Waals surface area contributed by atoms with Crippen LogP contribution < -0.4 is 0 Å². The van der Waals surface area contributed by atoms with Crippen LogP contribution in [0, 0.1) is 28.7 Å². The molecule has 1 saturated heterocycles. The minimum Gasteiger partial charge on any atom is -0.465 e. The number of halogens is 1. The zero-order valence-corrected chi connectivity index (χ0v) is 13.1. The van der Waals surface area contributed by atoms with Crippen molar-refractivity contribution >= 4 is 23.5 Å². The number of hydrogen-bond acceptors (Lipinski definition) is 6. The van der Waals surface area contributed by atoms with Gasteiger partial charge in [-0.05, 0) is 29.7 Å².